The monoisotopic (exact) mass is 505 g/mol. The standard InChI is InChI=1S/C30H39N3O4/c1-6-8-11-22-14-16-23(17-15-22)28(34)31-25-13-10-12-24(19-25)27-26(29(35)37-20(3)4)21(5)33(18-9-7-2)30(36)32-27/h10,12-17,19-20,27H,6-9,11,18H2,1-5H3,(H,31,34)(H,32,36). The number of rotatable bonds is 11. The Kier molecular flexibility index (Phi) is 9.89. The summed E-state index contributed by atoms with van der Waals surface area (Å²) in [6.07, 6.45) is 4.69. The molecule has 2 aromatic rings. The van der Waals surface area contributed by atoms with E-state index < -0.39 is 12.0 Å². The van der Waals surface area contributed by atoms with Crippen molar-refractivity contribution in [2.45, 2.75) is 78.9 Å². The highest BCUT2D eigenvalue weighted by atomic mass is 16.5. The lowest BCUT2D eigenvalue weighted by atomic mass is 9.94. The highest BCUT2D eigenvalue weighted by molar-refractivity contribution is 6.04. The summed E-state index contributed by atoms with van der Waals surface area (Å²) in [6, 6.07) is 13.9. The normalized spacial score (nSPS) is 15.6. The van der Waals surface area contributed by atoms with Crippen molar-refractivity contribution in [3.63, 3.8) is 0 Å². The second kappa shape index (κ2) is 13.1. The number of anilines is 1. The molecule has 0 aromatic heterocycles. The Bertz CT molecular complexity index is 1140. The van der Waals surface area contributed by atoms with Crippen LogP contribution in [0.2, 0.25) is 0 Å². The van der Waals surface area contributed by atoms with Gasteiger partial charge in [0, 0.05) is 23.5 Å². The fourth-order valence-electron chi connectivity index (χ4n) is 4.36. The van der Waals surface area contributed by atoms with Crippen LogP contribution in [0.3, 0.4) is 0 Å². The molecule has 0 fully saturated rings. The Morgan fingerprint density at radius 2 is 1.76 bits per heavy atom. The van der Waals surface area contributed by atoms with Crippen LogP contribution in [0.1, 0.15) is 87.8 Å². The van der Waals surface area contributed by atoms with Crippen LogP contribution >= 0.6 is 0 Å². The number of ether oxygens (including phenoxy) is 1. The maximum absolute atomic E-state index is 13.1. The molecule has 1 unspecified atom stereocenters. The van der Waals surface area contributed by atoms with Crippen LogP contribution in [0.5, 0.6) is 0 Å². The molecule has 7 heteroatoms. The van der Waals surface area contributed by atoms with Gasteiger partial charge < -0.3 is 15.4 Å². The van der Waals surface area contributed by atoms with Crippen molar-refractivity contribution < 1.29 is 19.1 Å². The minimum atomic E-state index is -0.689. The zero-order chi connectivity index (χ0) is 26.9. The van der Waals surface area contributed by atoms with Crippen molar-refractivity contribution in [1.29, 1.82) is 0 Å². The molecule has 0 saturated carbocycles. The fraction of sp³-hybridized carbons (Fsp3) is 0.433. The van der Waals surface area contributed by atoms with Crippen LogP contribution in [-0.4, -0.2) is 35.5 Å². The fourth-order valence-corrected chi connectivity index (χ4v) is 4.36. The second-order valence-electron chi connectivity index (χ2n) is 9.72. The van der Waals surface area contributed by atoms with Gasteiger partial charge in [-0.1, -0.05) is 51.0 Å². The largest absolute Gasteiger partial charge is 0.459 e. The molecular formula is C30H39N3O4. The highest BCUT2D eigenvalue weighted by Crippen LogP contribution is 2.33. The van der Waals surface area contributed by atoms with E-state index in [1.807, 2.05) is 30.3 Å². The molecule has 0 saturated heterocycles. The van der Waals surface area contributed by atoms with Gasteiger partial charge in [-0.05, 0) is 75.4 Å². The van der Waals surface area contributed by atoms with Crippen molar-refractivity contribution >= 4 is 23.6 Å². The Morgan fingerprint density at radius 1 is 1.05 bits per heavy atom. The van der Waals surface area contributed by atoms with Crippen molar-refractivity contribution in [2.24, 2.45) is 0 Å². The topological polar surface area (TPSA) is 87.7 Å². The molecule has 1 atom stereocenters. The third-order valence-electron chi connectivity index (χ3n) is 6.41. The minimum Gasteiger partial charge on any atom is -0.459 e. The first-order valence-corrected chi connectivity index (χ1v) is 13.2. The van der Waals surface area contributed by atoms with Gasteiger partial charge in [0.1, 0.15) is 0 Å². The van der Waals surface area contributed by atoms with E-state index in [0.717, 1.165) is 32.1 Å². The Morgan fingerprint density at radius 3 is 2.41 bits per heavy atom. The number of hydrogen-bond donors (Lipinski definition) is 2. The summed E-state index contributed by atoms with van der Waals surface area (Å²) in [5.74, 6) is -0.680. The number of carbonyl (C=O) groups excluding carboxylic acids is 3. The second-order valence-corrected chi connectivity index (χ2v) is 9.72. The van der Waals surface area contributed by atoms with Gasteiger partial charge in [0.25, 0.3) is 5.91 Å². The van der Waals surface area contributed by atoms with Crippen LogP contribution in [0.4, 0.5) is 10.5 Å². The number of aryl methyl sites for hydroxylation is 1. The molecule has 2 aromatic carbocycles. The summed E-state index contributed by atoms with van der Waals surface area (Å²) < 4.78 is 5.54. The van der Waals surface area contributed by atoms with Gasteiger partial charge in [0.15, 0.2) is 0 Å². The number of urea groups is 1. The summed E-state index contributed by atoms with van der Waals surface area (Å²) in [5, 5.41) is 5.92. The quantitative estimate of drug-likeness (QED) is 0.347. The number of unbranched alkanes of at least 4 members (excludes halogenated alkanes) is 2. The van der Waals surface area contributed by atoms with Gasteiger partial charge in [0.2, 0.25) is 0 Å². The molecular weight excluding hydrogens is 466 g/mol. The van der Waals surface area contributed by atoms with Crippen molar-refractivity contribution in [3.05, 3.63) is 76.5 Å². The summed E-state index contributed by atoms with van der Waals surface area (Å²) in [7, 11) is 0. The van der Waals surface area contributed by atoms with E-state index in [2.05, 4.69) is 24.5 Å². The number of hydrogen-bond acceptors (Lipinski definition) is 4. The van der Waals surface area contributed by atoms with E-state index in [1.54, 1.807) is 43.9 Å². The van der Waals surface area contributed by atoms with E-state index in [1.165, 1.54) is 5.56 Å². The molecule has 3 rings (SSSR count). The summed E-state index contributed by atoms with van der Waals surface area (Å²) in [4.78, 5) is 40.6. The van der Waals surface area contributed by atoms with Crippen LogP contribution < -0.4 is 10.6 Å². The number of nitrogens with one attached hydrogen (secondary N) is 2. The Labute approximate surface area is 220 Å². The summed E-state index contributed by atoms with van der Waals surface area (Å²) in [6.45, 7) is 10.1. The molecule has 0 aliphatic carbocycles. The number of amides is 3. The van der Waals surface area contributed by atoms with Gasteiger partial charge >= 0.3 is 12.0 Å². The molecule has 3 amide bonds. The molecule has 0 radical (unpaired) electrons. The number of esters is 1. The molecule has 1 aliphatic heterocycles. The average molecular weight is 506 g/mol. The first kappa shape index (κ1) is 28.0. The predicted octanol–water partition coefficient (Wildman–Crippen LogP) is 6.37. The van der Waals surface area contributed by atoms with Crippen molar-refractivity contribution in [3.8, 4) is 0 Å². The van der Waals surface area contributed by atoms with Crippen LogP contribution in [-0.2, 0) is 16.0 Å². The van der Waals surface area contributed by atoms with E-state index in [9.17, 15) is 14.4 Å². The predicted molar refractivity (Wildman–Crippen MR) is 146 cm³/mol. The molecule has 1 heterocycles. The third-order valence-corrected chi connectivity index (χ3v) is 6.41. The Hall–Kier alpha value is -3.61. The number of carbonyl (C=O) groups is 3. The van der Waals surface area contributed by atoms with Crippen LogP contribution in [0, 0.1) is 0 Å². The summed E-state index contributed by atoms with van der Waals surface area (Å²) >= 11 is 0. The zero-order valence-corrected chi connectivity index (χ0v) is 22.6. The molecule has 37 heavy (non-hydrogen) atoms. The summed E-state index contributed by atoms with van der Waals surface area (Å²) in [5.41, 5.74) is 4.03. The molecule has 1 aliphatic rings. The van der Waals surface area contributed by atoms with Gasteiger partial charge in [0.05, 0.1) is 17.7 Å². The molecule has 7 nitrogen and oxygen atoms in total. The van der Waals surface area contributed by atoms with Gasteiger partial charge in [-0.2, -0.15) is 0 Å². The van der Waals surface area contributed by atoms with Crippen molar-refractivity contribution in [1.82, 2.24) is 10.2 Å². The lowest BCUT2D eigenvalue weighted by molar-refractivity contribution is -0.143. The maximum Gasteiger partial charge on any atom is 0.338 e. The molecule has 0 spiro atoms. The SMILES string of the molecule is CCCCc1ccc(C(=O)Nc2cccc(C3NC(=O)N(CCCC)C(C)=C3C(=O)OC(C)C)c2)cc1. The highest BCUT2D eigenvalue weighted by Gasteiger charge is 2.36. The molecule has 198 valence electrons. The molecule has 2 N–H and O–H groups in total. The van der Waals surface area contributed by atoms with E-state index in [4.69, 9.17) is 4.74 Å². The van der Waals surface area contributed by atoms with E-state index in [0.29, 0.717) is 34.6 Å². The third kappa shape index (κ3) is 7.21. The van der Waals surface area contributed by atoms with Gasteiger partial charge in [-0.3, -0.25) is 9.69 Å². The lowest BCUT2D eigenvalue weighted by Crippen LogP contribution is -2.48. The lowest BCUT2D eigenvalue weighted by Gasteiger charge is -2.35. The minimum absolute atomic E-state index is 0.219. The van der Waals surface area contributed by atoms with E-state index >= 15 is 0 Å². The van der Waals surface area contributed by atoms with Gasteiger partial charge in [-0.15, -0.1) is 0 Å². The number of allylic oxidation sites excluding steroid dienone is 1. The van der Waals surface area contributed by atoms with Gasteiger partial charge in [-0.25, -0.2) is 9.59 Å². The average Bonchev–Trinajstić information content (AvgIpc) is 2.87. The zero-order valence-electron chi connectivity index (χ0n) is 22.6. The first-order chi connectivity index (χ1) is 17.7. The number of benzene rings is 2. The Balaban J connectivity index is 1.86. The van der Waals surface area contributed by atoms with E-state index in [-0.39, 0.29) is 18.0 Å². The first-order valence-electron chi connectivity index (χ1n) is 13.2. The van der Waals surface area contributed by atoms with Crippen LogP contribution in [0.25, 0.3) is 0 Å². The number of nitrogens with zero attached hydrogens (tertiary/aromatic N) is 1. The molecule has 0 bridgehead atoms. The smallest absolute Gasteiger partial charge is 0.338 e. The van der Waals surface area contributed by atoms with Crippen LogP contribution in [0.15, 0.2) is 59.8 Å². The maximum atomic E-state index is 13.1. The van der Waals surface area contributed by atoms with Crippen molar-refractivity contribution in [2.75, 3.05) is 11.9 Å².